The van der Waals surface area contributed by atoms with Gasteiger partial charge in [-0.1, -0.05) is 89.8 Å². The molecule has 0 aliphatic carbocycles. The molecule has 2 nitrogen and oxygen atoms in total. The second-order valence-corrected chi connectivity index (χ2v) is 9.54. The SMILES string of the molecule is CCCCC/C=C\C/C=C\CC(C)(O)/C=C/C1OC1CCCCC(C)(C)C. The molecule has 0 amide bonds. The van der Waals surface area contributed by atoms with Crippen molar-refractivity contribution in [2.75, 3.05) is 0 Å². The molecule has 27 heavy (non-hydrogen) atoms. The van der Waals surface area contributed by atoms with Crippen molar-refractivity contribution in [3.8, 4) is 0 Å². The molecule has 0 aromatic rings. The van der Waals surface area contributed by atoms with Gasteiger partial charge in [0.25, 0.3) is 0 Å². The van der Waals surface area contributed by atoms with Gasteiger partial charge in [0.2, 0.25) is 0 Å². The van der Waals surface area contributed by atoms with Crippen LogP contribution in [0.2, 0.25) is 0 Å². The standard InChI is InChI=1S/C25H44O2/c1-6-7-8-9-10-11-12-13-15-20-25(5,26)21-18-23-22(27-23)17-14-16-19-24(2,3)4/h10-11,13,15,18,21-23,26H,6-9,12,14,16-17,19-20H2,1-5H3/b11-10-,15-13-,21-18+. The maximum absolute atomic E-state index is 10.5. The fraction of sp³-hybridized carbons (Fsp3) is 0.760. The molecule has 0 aromatic carbocycles. The predicted octanol–water partition coefficient (Wildman–Crippen LogP) is 7.14. The van der Waals surface area contributed by atoms with Crippen LogP contribution in [0.15, 0.2) is 36.5 Å². The Labute approximate surface area is 168 Å². The summed E-state index contributed by atoms with van der Waals surface area (Å²) >= 11 is 0. The van der Waals surface area contributed by atoms with Gasteiger partial charge in [-0.25, -0.2) is 0 Å². The van der Waals surface area contributed by atoms with Gasteiger partial charge in [-0.3, -0.25) is 0 Å². The molecule has 1 rings (SSSR count). The minimum absolute atomic E-state index is 0.209. The van der Waals surface area contributed by atoms with E-state index in [-0.39, 0.29) is 6.10 Å². The van der Waals surface area contributed by atoms with Crippen LogP contribution in [0.3, 0.4) is 0 Å². The van der Waals surface area contributed by atoms with E-state index in [9.17, 15) is 5.11 Å². The molecule has 2 heteroatoms. The van der Waals surface area contributed by atoms with Crippen molar-refractivity contribution in [1.29, 1.82) is 0 Å². The van der Waals surface area contributed by atoms with Crippen LogP contribution in [0, 0.1) is 5.41 Å². The third-order valence-corrected chi connectivity index (χ3v) is 5.04. The summed E-state index contributed by atoms with van der Waals surface area (Å²) in [6.45, 7) is 11.0. The third kappa shape index (κ3) is 13.9. The van der Waals surface area contributed by atoms with E-state index in [2.05, 4.69) is 58.1 Å². The molecule has 1 heterocycles. The van der Waals surface area contributed by atoms with Crippen LogP contribution in [0.25, 0.3) is 0 Å². The van der Waals surface area contributed by atoms with Crippen molar-refractivity contribution in [2.45, 2.75) is 117 Å². The number of aliphatic hydroxyl groups is 1. The Hall–Kier alpha value is -0.860. The highest BCUT2D eigenvalue weighted by molar-refractivity contribution is 5.10. The molecule has 1 fully saturated rings. The lowest BCUT2D eigenvalue weighted by Gasteiger charge is -2.17. The molecule has 1 aliphatic rings. The average Bonchev–Trinajstić information content (AvgIpc) is 3.33. The largest absolute Gasteiger partial charge is 0.386 e. The van der Waals surface area contributed by atoms with E-state index >= 15 is 0 Å². The second-order valence-electron chi connectivity index (χ2n) is 9.54. The minimum Gasteiger partial charge on any atom is -0.386 e. The summed E-state index contributed by atoms with van der Waals surface area (Å²) in [5.74, 6) is 0. The maximum Gasteiger partial charge on any atom is 0.102 e. The van der Waals surface area contributed by atoms with Crippen molar-refractivity contribution in [1.82, 2.24) is 0 Å². The topological polar surface area (TPSA) is 32.8 Å². The highest BCUT2D eigenvalue weighted by atomic mass is 16.6. The van der Waals surface area contributed by atoms with Crippen LogP contribution in [0.1, 0.15) is 98.8 Å². The molecule has 3 unspecified atom stereocenters. The van der Waals surface area contributed by atoms with Gasteiger partial charge in [0.1, 0.15) is 6.10 Å². The summed E-state index contributed by atoms with van der Waals surface area (Å²) < 4.78 is 5.72. The third-order valence-electron chi connectivity index (χ3n) is 5.04. The van der Waals surface area contributed by atoms with Crippen LogP contribution < -0.4 is 0 Å². The average molecular weight is 377 g/mol. The Morgan fingerprint density at radius 3 is 2.37 bits per heavy atom. The van der Waals surface area contributed by atoms with Crippen LogP contribution in [0.5, 0.6) is 0 Å². The van der Waals surface area contributed by atoms with E-state index in [1.165, 1.54) is 44.9 Å². The lowest BCUT2D eigenvalue weighted by molar-refractivity contribution is 0.115. The van der Waals surface area contributed by atoms with E-state index in [0.29, 0.717) is 17.9 Å². The zero-order valence-electron chi connectivity index (χ0n) is 18.5. The molecule has 0 spiro atoms. The van der Waals surface area contributed by atoms with Gasteiger partial charge >= 0.3 is 0 Å². The van der Waals surface area contributed by atoms with Gasteiger partial charge in [-0.2, -0.15) is 0 Å². The molecular weight excluding hydrogens is 332 g/mol. The zero-order chi connectivity index (χ0) is 20.2. The first-order valence-corrected chi connectivity index (χ1v) is 11.1. The van der Waals surface area contributed by atoms with Gasteiger partial charge in [0.15, 0.2) is 0 Å². The summed E-state index contributed by atoms with van der Waals surface area (Å²) in [5, 5.41) is 10.5. The molecule has 1 N–H and O–H groups in total. The van der Waals surface area contributed by atoms with Crippen molar-refractivity contribution >= 4 is 0 Å². The smallest absolute Gasteiger partial charge is 0.102 e. The summed E-state index contributed by atoms with van der Waals surface area (Å²) in [4.78, 5) is 0. The number of epoxide rings is 1. The Morgan fingerprint density at radius 1 is 0.926 bits per heavy atom. The van der Waals surface area contributed by atoms with E-state index < -0.39 is 5.60 Å². The lowest BCUT2D eigenvalue weighted by Crippen LogP contribution is -2.19. The van der Waals surface area contributed by atoms with E-state index in [1.54, 1.807) is 0 Å². The van der Waals surface area contributed by atoms with Crippen molar-refractivity contribution in [3.63, 3.8) is 0 Å². The first kappa shape index (κ1) is 24.2. The minimum atomic E-state index is -0.788. The lowest BCUT2D eigenvalue weighted by atomic mass is 9.89. The number of hydrogen-bond donors (Lipinski definition) is 1. The predicted molar refractivity (Wildman–Crippen MR) is 118 cm³/mol. The Balaban J connectivity index is 2.13. The fourth-order valence-electron chi connectivity index (χ4n) is 3.15. The van der Waals surface area contributed by atoms with Crippen molar-refractivity contribution in [2.24, 2.45) is 5.41 Å². The van der Waals surface area contributed by atoms with Crippen molar-refractivity contribution in [3.05, 3.63) is 36.5 Å². The zero-order valence-corrected chi connectivity index (χ0v) is 18.5. The van der Waals surface area contributed by atoms with Crippen LogP contribution in [-0.4, -0.2) is 22.9 Å². The highest BCUT2D eigenvalue weighted by Gasteiger charge is 2.36. The fourth-order valence-corrected chi connectivity index (χ4v) is 3.15. The van der Waals surface area contributed by atoms with E-state index in [4.69, 9.17) is 4.74 Å². The Morgan fingerprint density at radius 2 is 1.67 bits per heavy atom. The quantitative estimate of drug-likeness (QED) is 0.198. The first-order chi connectivity index (χ1) is 12.7. The number of hydrogen-bond acceptors (Lipinski definition) is 2. The Kier molecular flexibility index (Phi) is 11.3. The molecule has 0 saturated carbocycles. The summed E-state index contributed by atoms with van der Waals surface area (Å²) in [6, 6.07) is 0. The summed E-state index contributed by atoms with van der Waals surface area (Å²) in [6.07, 6.45) is 24.8. The van der Waals surface area contributed by atoms with Gasteiger partial charge in [-0.05, 0) is 50.9 Å². The van der Waals surface area contributed by atoms with Gasteiger partial charge in [-0.15, -0.1) is 0 Å². The number of rotatable bonds is 14. The molecule has 0 bridgehead atoms. The van der Waals surface area contributed by atoms with Crippen molar-refractivity contribution < 1.29 is 9.84 Å². The summed E-state index contributed by atoms with van der Waals surface area (Å²) in [7, 11) is 0. The second kappa shape index (κ2) is 12.6. The number of ether oxygens (including phenoxy) is 1. The van der Waals surface area contributed by atoms with Gasteiger partial charge in [0.05, 0.1) is 11.7 Å². The molecule has 3 atom stereocenters. The van der Waals surface area contributed by atoms with E-state index in [0.717, 1.165) is 12.8 Å². The molecule has 1 saturated heterocycles. The Bertz CT molecular complexity index is 465. The van der Waals surface area contributed by atoms with Gasteiger partial charge < -0.3 is 9.84 Å². The number of allylic oxidation sites excluding steroid dienone is 3. The molecule has 156 valence electrons. The number of unbranched alkanes of at least 4 members (excludes halogenated alkanes) is 4. The van der Waals surface area contributed by atoms with Crippen LogP contribution in [0.4, 0.5) is 0 Å². The molecular formula is C25H44O2. The molecule has 0 radical (unpaired) electrons. The molecule has 1 aliphatic heterocycles. The summed E-state index contributed by atoms with van der Waals surface area (Å²) in [5.41, 5.74) is -0.356. The van der Waals surface area contributed by atoms with Crippen LogP contribution >= 0.6 is 0 Å². The van der Waals surface area contributed by atoms with E-state index in [1.807, 2.05) is 13.0 Å². The normalized spacial score (nSPS) is 22.9. The maximum atomic E-state index is 10.5. The first-order valence-electron chi connectivity index (χ1n) is 11.1. The van der Waals surface area contributed by atoms with Crippen LogP contribution in [-0.2, 0) is 4.74 Å². The monoisotopic (exact) mass is 376 g/mol. The highest BCUT2D eigenvalue weighted by Crippen LogP contribution is 2.31. The molecule has 0 aromatic heterocycles. The van der Waals surface area contributed by atoms with Gasteiger partial charge in [0, 0.05) is 0 Å².